The zero-order valence-electron chi connectivity index (χ0n) is 17.6. The van der Waals surface area contributed by atoms with Crippen molar-refractivity contribution in [1.29, 1.82) is 0 Å². The second kappa shape index (κ2) is 11.1. The zero-order chi connectivity index (χ0) is 22.1. The summed E-state index contributed by atoms with van der Waals surface area (Å²) in [7, 11) is 0. The largest absolute Gasteiger partial charge is 0.376 e. The first kappa shape index (κ1) is 22.3. The molecule has 1 atom stereocenters. The molecule has 2 aromatic rings. The van der Waals surface area contributed by atoms with Crippen LogP contribution in [0.5, 0.6) is 0 Å². The van der Waals surface area contributed by atoms with Crippen molar-refractivity contribution in [2.24, 2.45) is 0 Å². The fourth-order valence-electron chi connectivity index (χ4n) is 3.27. The summed E-state index contributed by atoms with van der Waals surface area (Å²) in [6.45, 7) is 3.64. The van der Waals surface area contributed by atoms with Crippen LogP contribution in [-0.2, 0) is 9.53 Å². The van der Waals surface area contributed by atoms with Crippen molar-refractivity contribution in [3.8, 4) is 0 Å². The third kappa shape index (κ3) is 6.82. The molecule has 1 fully saturated rings. The molecule has 4 N–H and O–H groups in total. The van der Waals surface area contributed by atoms with Crippen LogP contribution in [0.25, 0.3) is 0 Å². The highest BCUT2D eigenvalue weighted by molar-refractivity contribution is 5.98. The van der Waals surface area contributed by atoms with Gasteiger partial charge >= 0.3 is 0 Å². The van der Waals surface area contributed by atoms with Crippen LogP contribution in [0.2, 0.25) is 0 Å². The molecule has 1 saturated heterocycles. The lowest BCUT2D eigenvalue weighted by molar-refractivity contribution is -0.114. The van der Waals surface area contributed by atoms with E-state index in [2.05, 4.69) is 21.3 Å². The van der Waals surface area contributed by atoms with E-state index in [0.717, 1.165) is 19.4 Å². The number of rotatable bonds is 9. The van der Waals surface area contributed by atoms with Crippen molar-refractivity contribution in [3.63, 3.8) is 0 Å². The fourth-order valence-corrected chi connectivity index (χ4v) is 3.27. The van der Waals surface area contributed by atoms with Gasteiger partial charge in [-0.1, -0.05) is 12.1 Å². The van der Waals surface area contributed by atoms with Gasteiger partial charge in [0.15, 0.2) is 0 Å². The number of amides is 3. The van der Waals surface area contributed by atoms with Gasteiger partial charge in [-0.3, -0.25) is 14.4 Å². The zero-order valence-corrected chi connectivity index (χ0v) is 17.6. The first-order valence-electron chi connectivity index (χ1n) is 10.5. The number of benzene rings is 2. The molecule has 0 saturated carbocycles. The molecule has 1 unspecified atom stereocenters. The van der Waals surface area contributed by atoms with Gasteiger partial charge in [-0.25, -0.2) is 0 Å². The quantitative estimate of drug-likeness (QED) is 0.494. The van der Waals surface area contributed by atoms with E-state index in [1.54, 1.807) is 48.5 Å². The smallest absolute Gasteiger partial charge is 0.251 e. The molecule has 0 spiro atoms. The van der Waals surface area contributed by atoms with Crippen molar-refractivity contribution >= 4 is 29.1 Å². The summed E-state index contributed by atoms with van der Waals surface area (Å²) >= 11 is 0. The van der Waals surface area contributed by atoms with Crippen LogP contribution in [0.1, 0.15) is 40.5 Å². The van der Waals surface area contributed by atoms with E-state index in [1.807, 2.05) is 6.92 Å². The summed E-state index contributed by atoms with van der Waals surface area (Å²) in [5, 5.41) is 11.4. The van der Waals surface area contributed by atoms with E-state index in [4.69, 9.17) is 4.74 Å². The normalized spacial score (nSPS) is 15.2. The second-order valence-corrected chi connectivity index (χ2v) is 7.27. The minimum absolute atomic E-state index is 0.0202. The Labute approximate surface area is 181 Å². The van der Waals surface area contributed by atoms with Crippen LogP contribution in [0, 0.1) is 0 Å². The number of carbonyl (C=O) groups is 3. The van der Waals surface area contributed by atoms with Gasteiger partial charge in [0, 0.05) is 42.2 Å². The standard InChI is InChI=1S/C23H28N4O4/c1-2-24-22(29)17-7-4-9-19(13-17)27-21(28)15-25-18-8-3-6-16(12-18)23(30)26-14-20-10-5-11-31-20/h3-4,6-9,12-13,20,25H,2,5,10-11,14-15H2,1H3,(H,24,29)(H,26,30)(H,27,28). The summed E-state index contributed by atoms with van der Waals surface area (Å²) in [5.74, 6) is -0.627. The van der Waals surface area contributed by atoms with E-state index >= 15 is 0 Å². The third-order valence-electron chi connectivity index (χ3n) is 4.84. The second-order valence-electron chi connectivity index (χ2n) is 7.27. The van der Waals surface area contributed by atoms with E-state index in [9.17, 15) is 14.4 Å². The molecule has 164 valence electrons. The lowest BCUT2D eigenvalue weighted by Gasteiger charge is -2.12. The van der Waals surface area contributed by atoms with Crippen molar-refractivity contribution in [2.45, 2.75) is 25.9 Å². The molecular weight excluding hydrogens is 396 g/mol. The number of hydrogen-bond acceptors (Lipinski definition) is 5. The van der Waals surface area contributed by atoms with Crippen LogP contribution >= 0.6 is 0 Å². The van der Waals surface area contributed by atoms with E-state index in [1.165, 1.54) is 0 Å². The Hall–Kier alpha value is -3.39. The van der Waals surface area contributed by atoms with Gasteiger partial charge in [0.25, 0.3) is 11.8 Å². The SMILES string of the molecule is CCNC(=O)c1cccc(NC(=O)CNc2cccc(C(=O)NCC3CCCO3)c2)c1. The van der Waals surface area contributed by atoms with Crippen LogP contribution in [-0.4, -0.2) is 50.1 Å². The van der Waals surface area contributed by atoms with Crippen molar-refractivity contribution in [2.75, 3.05) is 36.9 Å². The number of ether oxygens (including phenoxy) is 1. The molecule has 0 aromatic heterocycles. The molecule has 1 aliphatic rings. The molecule has 8 nitrogen and oxygen atoms in total. The van der Waals surface area contributed by atoms with Crippen LogP contribution < -0.4 is 21.3 Å². The Morgan fingerprint density at radius 3 is 2.32 bits per heavy atom. The minimum atomic E-state index is -0.263. The van der Waals surface area contributed by atoms with Gasteiger partial charge in [0.05, 0.1) is 12.6 Å². The van der Waals surface area contributed by atoms with E-state index in [-0.39, 0.29) is 30.4 Å². The highest BCUT2D eigenvalue weighted by Crippen LogP contribution is 2.14. The van der Waals surface area contributed by atoms with Gasteiger partial charge in [-0.15, -0.1) is 0 Å². The van der Waals surface area contributed by atoms with Crippen molar-refractivity contribution in [3.05, 3.63) is 59.7 Å². The summed E-state index contributed by atoms with van der Waals surface area (Å²) in [4.78, 5) is 36.6. The first-order valence-corrected chi connectivity index (χ1v) is 10.5. The predicted molar refractivity (Wildman–Crippen MR) is 119 cm³/mol. The molecule has 1 heterocycles. The molecule has 0 bridgehead atoms. The minimum Gasteiger partial charge on any atom is -0.376 e. The molecule has 31 heavy (non-hydrogen) atoms. The molecule has 2 aromatic carbocycles. The van der Waals surface area contributed by atoms with Crippen LogP contribution in [0.4, 0.5) is 11.4 Å². The lowest BCUT2D eigenvalue weighted by Crippen LogP contribution is -2.31. The van der Waals surface area contributed by atoms with Crippen molar-refractivity contribution in [1.82, 2.24) is 10.6 Å². The molecule has 0 radical (unpaired) electrons. The van der Waals surface area contributed by atoms with Crippen molar-refractivity contribution < 1.29 is 19.1 Å². The average molecular weight is 425 g/mol. The number of hydrogen-bond donors (Lipinski definition) is 4. The number of anilines is 2. The average Bonchev–Trinajstić information content (AvgIpc) is 3.30. The van der Waals surface area contributed by atoms with Gasteiger partial charge in [0.2, 0.25) is 5.91 Å². The summed E-state index contributed by atoms with van der Waals surface area (Å²) in [6.07, 6.45) is 2.07. The molecular formula is C23H28N4O4. The van der Waals surface area contributed by atoms with Crippen LogP contribution in [0.3, 0.4) is 0 Å². The maximum atomic E-state index is 12.4. The lowest BCUT2D eigenvalue weighted by atomic mass is 10.1. The Kier molecular flexibility index (Phi) is 8.00. The molecule has 8 heteroatoms. The molecule has 0 aliphatic carbocycles. The Morgan fingerprint density at radius 1 is 0.968 bits per heavy atom. The molecule has 3 rings (SSSR count). The monoisotopic (exact) mass is 424 g/mol. The van der Waals surface area contributed by atoms with Gasteiger partial charge in [-0.2, -0.15) is 0 Å². The molecule has 3 amide bonds. The topological polar surface area (TPSA) is 109 Å². The predicted octanol–water partition coefficient (Wildman–Crippen LogP) is 2.40. The Bertz CT molecular complexity index is 925. The van der Waals surface area contributed by atoms with Gasteiger partial charge in [-0.05, 0) is 56.2 Å². The Balaban J connectivity index is 1.50. The van der Waals surface area contributed by atoms with E-state index < -0.39 is 0 Å². The summed E-state index contributed by atoms with van der Waals surface area (Å²) in [5.41, 5.74) is 2.20. The first-order chi connectivity index (χ1) is 15.0. The number of nitrogens with one attached hydrogen (secondary N) is 4. The molecule has 1 aliphatic heterocycles. The van der Waals surface area contributed by atoms with E-state index in [0.29, 0.717) is 35.6 Å². The highest BCUT2D eigenvalue weighted by Gasteiger charge is 2.16. The number of carbonyl (C=O) groups excluding carboxylic acids is 3. The Morgan fingerprint density at radius 2 is 1.65 bits per heavy atom. The maximum absolute atomic E-state index is 12.4. The van der Waals surface area contributed by atoms with Crippen LogP contribution in [0.15, 0.2) is 48.5 Å². The summed E-state index contributed by atoms with van der Waals surface area (Å²) < 4.78 is 5.52. The highest BCUT2D eigenvalue weighted by atomic mass is 16.5. The summed E-state index contributed by atoms with van der Waals surface area (Å²) in [6, 6.07) is 13.7. The third-order valence-corrected chi connectivity index (χ3v) is 4.84. The maximum Gasteiger partial charge on any atom is 0.251 e. The van der Waals surface area contributed by atoms with Gasteiger partial charge < -0.3 is 26.0 Å². The fraction of sp³-hybridized carbons (Fsp3) is 0.348. The van der Waals surface area contributed by atoms with Gasteiger partial charge in [0.1, 0.15) is 0 Å².